The SMILES string of the molecule is O=[N+]([O-])[Pt]([Cl])([Cl])[N+](=O)[O-]. The molecule has 58 valence electrons. The Bertz CT molecular complexity index is 139. The maximum atomic E-state index is 9.64. The summed E-state index contributed by atoms with van der Waals surface area (Å²) in [5.74, 6) is 0. The van der Waals surface area contributed by atoms with Crippen LogP contribution in [-0.4, -0.2) is 6.96 Å². The second kappa shape index (κ2) is 2.77. The monoisotopic (exact) mass is 357 g/mol. The van der Waals surface area contributed by atoms with Crippen molar-refractivity contribution in [2.45, 2.75) is 0 Å². The van der Waals surface area contributed by atoms with E-state index in [1.54, 1.807) is 0 Å². The summed E-state index contributed by atoms with van der Waals surface area (Å²) in [4.78, 5) is 19.3. The summed E-state index contributed by atoms with van der Waals surface area (Å²) in [5, 5.41) is 19.3. The number of nitro groups is 2. The zero-order chi connectivity index (χ0) is 7.65. The van der Waals surface area contributed by atoms with Gasteiger partial charge in [0.15, 0.2) is 0 Å². The molecule has 0 bridgehead atoms. The summed E-state index contributed by atoms with van der Waals surface area (Å²) in [6.07, 6.45) is 0. The Hall–Kier alpha value is 0.0683. The Balaban J connectivity index is 4.38. The van der Waals surface area contributed by atoms with E-state index < -0.39 is 21.4 Å². The van der Waals surface area contributed by atoms with Crippen LogP contribution in [-0.2, 0) is 14.5 Å². The van der Waals surface area contributed by atoms with Crippen LogP contribution < -0.4 is 0 Å². The normalized spacial score (nSPS) is 12.7. The fraction of sp³-hybridized carbons (Fsp3) is 0. The first kappa shape index (κ1) is 9.07. The first-order valence-corrected chi connectivity index (χ1v) is 8.92. The van der Waals surface area contributed by atoms with E-state index in [0.717, 1.165) is 0 Å². The van der Waals surface area contributed by atoms with Gasteiger partial charge in [-0.25, -0.2) is 0 Å². The molecule has 0 aliphatic heterocycles. The second-order valence-corrected chi connectivity index (χ2v) is 11.1. The van der Waals surface area contributed by atoms with Crippen LogP contribution in [0.4, 0.5) is 0 Å². The Labute approximate surface area is 60.7 Å². The summed E-state index contributed by atoms with van der Waals surface area (Å²) in [6.45, 7) is 0. The number of hydrogen-bond donors (Lipinski definition) is 0. The second-order valence-electron chi connectivity index (χ2n) is 0.702. The molecule has 0 aromatic heterocycles. The van der Waals surface area contributed by atoms with Gasteiger partial charge in [-0.2, -0.15) is 0 Å². The van der Waals surface area contributed by atoms with Crippen LogP contribution in [0.1, 0.15) is 0 Å². The molecule has 0 atom stereocenters. The molecule has 6 nitrogen and oxygen atoms in total. The van der Waals surface area contributed by atoms with E-state index >= 15 is 0 Å². The molecule has 0 rings (SSSR count). The molecule has 0 unspecified atom stereocenters. The minimum atomic E-state index is -4.88. The number of hydrogen-bond acceptors (Lipinski definition) is 4. The van der Waals surface area contributed by atoms with Crippen molar-refractivity contribution < 1.29 is 21.4 Å². The first-order valence-electron chi connectivity index (χ1n) is 1.25. The molecule has 0 heterocycles. The zero-order valence-corrected chi connectivity index (χ0v) is 7.38. The molecule has 0 aromatic rings. The van der Waals surface area contributed by atoms with Crippen LogP contribution in [0.3, 0.4) is 0 Å². The molecule has 0 aromatic carbocycles. The predicted molar refractivity (Wildman–Crippen MR) is 25.7 cm³/mol. The fourth-order valence-electron chi connectivity index (χ4n) is 0.0422. The van der Waals surface area contributed by atoms with E-state index in [1.165, 1.54) is 0 Å². The van der Waals surface area contributed by atoms with Crippen molar-refractivity contribution in [2.24, 2.45) is 0 Å². The minimum absolute atomic E-state index is 1.23. The van der Waals surface area contributed by atoms with Gasteiger partial charge in [-0.3, -0.25) is 0 Å². The van der Waals surface area contributed by atoms with E-state index in [0.29, 0.717) is 0 Å². The van der Waals surface area contributed by atoms with Gasteiger partial charge < -0.3 is 0 Å². The van der Waals surface area contributed by atoms with Crippen LogP contribution in [0, 0.1) is 20.2 Å². The van der Waals surface area contributed by atoms with Crippen LogP contribution in [0.25, 0.3) is 0 Å². The summed E-state index contributed by atoms with van der Waals surface area (Å²) in [5.41, 5.74) is 0. The predicted octanol–water partition coefficient (Wildman–Crippen LogP) is 0.831. The van der Waals surface area contributed by atoms with Crippen molar-refractivity contribution in [3.05, 3.63) is 20.2 Å². The Morgan fingerprint density at radius 2 is 1.33 bits per heavy atom. The topological polar surface area (TPSA) is 86.3 Å². The van der Waals surface area contributed by atoms with E-state index in [1.807, 2.05) is 0 Å². The van der Waals surface area contributed by atoms with Crippen LogP contribution >= 0.6 is 18.8 Å². The summed E-state index contributed by atoms with van der Waals surface area (Å²) >= 11 is -4.88. The van der Waals surface area contributed by atoms with Crippen LogP contribution in [0.2, 0.25) is 0 Å². The standard InChI is InChI=1S/2ClH.2NO2.Pt/c;;2*2-1-3;/h2*1H;;;/q;;;;+2/p-2. The summed E-state index contributed by atoms with van der Waals surface area (Å²) in [6, 6.07) is 0. The van der Waals surface area contributed by atoms with Gasteiger partial charge in [0.25, 0.3) is 0 Å². The molecule has 0 aliphatic carbocycles. The van der Waals surface area contributed by atoms with E-state index in [9.17, 15) is 20.2 Å². The van der Waals surface area contributed by atoms with Gasteiger partial charge in [-0.15, -0.1) is 0 Å². The number of rotatable bonds is 2. The average Bonchev–Trinajstić information content (AvgIpc) is 1.65. The number of nitrogens with zero attached hydrogens (tertiary/aromatic N) is 2. The van der Waals surface area contributed by atoms with Gasteiger partial charge in [0, 0.05) is 0 Å². The van der Waals surface area contributed by atoms with E-state index in [-0.39, 0.29) is 0 Å². The molecule has 0 N–H and O–H groups in total. The third-order valence-electron chi connectivity index (χ3n) is 0.278. The van der Waals surface area contributed by atoms with Crippen molar-refractivity contribution in [2.75, 3.05) is 0 Å². The zero-order valence-electron chi connectivity index (χ0n) is 3.60. The third kappa shape index (κ3) is 2.04. The van der Waals surface area contributed by atoms with Gasteiger partial charge in [0.1, 0.15) is 0 Å². The molecular formula is Cl2N2O4Pt. The maximum absolute atomic E-state index is 9.64. The molecule has 0 radical (unpaired) electrons. The molecule has 0 saturated heterocycles. The van der Waals surface area contributed by atoms with Gasteiger partial charge in [-0.05, 0) is 0 Å². The quantitative estimate of drug-likeness (QED) is 0.541. The Kier molecular flexibility index (Phi) is 2.79. The molecule has 0 amide bonds. The Morgan fingerprint density at radius 1 is 1.11 bits per heavy atom. The fourth-order valence-corrected chi connectivity index (χ4v) is 0.345. The Morgan fingerprint density at radius 3 is 1.33 bits per heavy atom. The molecule has 9 heteroatoms. The van der Waals surface area contributed by atoms with Crippen LogP contribution in [0.5, 0.6) is 0 Å². The van der Waals surface area contributed by atoms with Crippen molar-refractivity contribution in [3.8, 4) is 0 Å². The summed E-state index contributed by atoms with van der Waals surface area (Å²) in [7, 11) is 9.51. The van der Waals surface area contributed by atoms with Crippen molar-refractivity contribution >= 4 is 18.8 Å². The average molecular weight is 358 g/mol. The van der Waals surface area contributed by atoms with Crippen LogP contribution in [0.15, 0.2) is 0 Å². The first-order chi connectivity index (χ1) is 3.89. The van der Waals surface area contributed by atoms with Crippen molar-refractivity contribution in [1.82, 2.24) is 0 Å². The van der Waals surface area contributed by atoms with Crippen molar-refractivity contribution in [3.63, 3.8) is 0 Å². The molecule has 0 aliphatic rings. The van der Waals surface area contributed by atoms with Crippen molar-refractivity contribution in [1.29, 1.82) is 0 Å². The number of halogens is 2. The van der Waals surface area contributed by atoms with Gasteiger partial charge >= 0.3 is 60.5 Å². The van der Waals surface area contributed by atoms with E-state index in [2.05, 4.69) is 0 Å². The molecule has 0 spiro atoms. The van der Waals surface area contributed by atoms with Gasteiger partial charge in [-0.1, -0.05) is 0 Å². The molecule has 0 fully saturated rings. The molecule has 0 saturated carbocycles. The van der Waals surface area contributed by atoms with Gasteiger partial charge in [0.2, 0.25) is 0 Å². The van der Waals surface area contributed by atoms with E-state index in [4.69, 9.17) is 18.8 Å². The van der Waals surface area contributed by atoms with Gasteiger partial charge in [0.05, 0.1) is 0 Å². The summed E-state index contributed by atoms with van der Waals surface area (Å²) < 4.78 is -2.45. The third-order valence-corrected chi connectivity index (χ3v) is 5.13. The molecule has 9 heavy (non-hydrogen) atoms. The molecular weight excluding hydrogens is 358 g/mol.